The van der Waals surface area contributed by atoms with Crippen molar-refractivity contribution in [2.24, 2.45) is 7.05 Å². The Balaban J connectivity index is 0.00000272. The largest absolute Gasteiger partial charge is 0.361 e. The summed E-state index contributed by atoms with van der Waals surface area (Å²) in [7, 11) is 3.76. The molecule has 0 saturated heterocycles. The molecule has 4 rings (SSSR count). The monoisotopic (exact) mass is 643 g/mol. The van der Waals surface area contributed by atoms with Gasteiger partial charge in [-0.15, -0.1) is 6.07 Å². The fourth-order valence-electron chi connectivity index (χ4n) is 3.66. The number of hydrogen-bond acceptors (Lipinski definition) is 3. The van der Waals surface area contributed by atoms with Crippen LogP contribution in [0.1, 0.15) is 23.5 Å². The molecular weight excluding hydrogens is 623 g/mol. The van der Waals surface area contributed by atoms with E-state index in [2.05, 4.69) is 39.6 Å². The molecule has 3 aromatic rings. The van der Waals surface area contributed by atoms with Gasteiger partial charge in [-0.05, 0) is 24.1 Å². The zero-order valence-corrected chi connectivity index (χ0v) is 20.6. The Morgan fingerprint density at radius 3 is 2.84 bits per heavy atom. The molecule has 0 saturated carbocycles. The van der Waals surface area contributed by atoms with Gasteiger partial charge in [0.2, 0.25) is 0 Å². The molecule has 0 bridgehead atoms. The molecule has 1 aliphatic rings. The summed E-state index contributed by atoms with van der Waals surface area (Å²) in [6, 6.07) is 10.3. The SMILES string of the molecule is C=[N+](C)c1nn(C)c2nccc(C3C=CC(NC(=O)Nc4c[c-]cc(C)c4)=CC3)c12.[Cm]. The molecule has 0 aliphatic heterocycles. The van der Waals surface area contributed by atoms with Crippen LogP contribution < -0.4 is 10.6 Å². The zero-order valence-electron chi connectivity index (χ0n) is 17.7. The number of aryl methyl sites for hydroxylation is 2. The maximum Gasteiger partial charge on any atom is 0.359 e. The molecule has 160 valence electrons. The number of aromatic nitrogens is 3. The van der Waals surface area contributed by atoms with Crippen molar-refractivity contribution in [1.82, 2.24) is 20.1 Å². The van der Waals surface area contributed by atoms with Gasteiger partial charge in [-0.25, -0.2) is 14.4 Å². The number of carbonyl (C=O) groups is 1. The molecule has 2 N–H and O–H groups in total. The molecule has 31 heavy (non-hydrogen) atoms. The predicted octanol–water partition coefficient (Wildman–Crippen LogP) is 3.80. The minimum atomic E-state index is -0.275. The fourth-order valence-corrected chi connectivity index (χ4v) is 3.66. The number of benzene rings is 1. The Morgan fingerprint density at radius 2 is 2.16 bits per heavy atom. The summed E-state index contributed by atoms with van der Waals surface area (Å²) in [4.78, 5) is 16.8. The van der Waals surface area contributed by atoms with Crippen LogP contribution in [0.2, 0.25) is 0 Å². The Morgan fingerprint density at radius 1 is 1.35 bits per heavy atom. The van der Waals surface area contributed by atoms with E-state index in [9.17, 15) is 4.79 Å². The van der Waals surface area contributed by atoms with E-state index >= 15 is 0 Å². The van der Waals surface area contributed by atoms with Crippen LogP contribution in [0, 0.1) is 13.0 Å². The topological polar surface area (TPSA) is 74.8 Å². The number of pyridine rings is 1. The first-order valence-electron chi connectivity index (χ1n) is 9.72. The molecule has 0 spiro atoms. The van der Waals surface area contributed by atoms with Crippen molar-refractivity contribution in [3.63, 3.8) is 0 Å². The number of nitrogens with one attached hydrogen (secondary N) is 2. The molecule has 8 heteroatoms. The molecule has 1 atom stereocenters. The van der Waals surface area contributed by atoms with Gasteiger partial charge >= 0.3 is 11.8 Å². The van der Waals surface area contributed by atoms with Crippen molar-refractivity contribution in [1.29, 1.82) is 0 Å². The minimum absolute atomic E-state index is 0. The molecule has 0 radical (unpaired) electrons. The summed E-state index contributed by atoms with van der Waals surface area (Å²) in [6.45, 7) is 5.95. The number of hydrogen-bond donors (Lipinski definition) is 2. The number of fused-ring (bicyclic) bond motifs is 1. The van der Waals surface area contributed by atoms with E-state index in [0.717, 1.165) is 40.1 Å². The third-order valence-electron chi connectivity index (χ3n) is 5.05. The Kier molecular flexibility index (Phi) is 5.63. The fraction of sp³-hybridized carbons (Fsp3) is 0.217. The van der Waals surface area contributed by atoms with E-state index in [-0.39, 0.29) is 11.9 Å². The van der Waals surface area contributed by atoms with Crippen LogP contribution in [-0.4, -0.2) is 39.1 Å². The van der Waals surface area contributed by atoms with Crippen molar-refractivity contribution in [2.45, 2.75) is 19.3 Å². The molecule has 1 unspecified atom stereocenters. The number of allylic oxidation sites excluding steroid dienone is 3. The summed E-state index contributed by atoms with van der Waals surface area (Å²) in [6.07, 6.45) is 8.64. The van der Waals surface area contributed by atoms with Gasteiger partial charge in [-0.3, -0.25) is 0 Å². The first kappa shape index (κ1) is 21.0. The van der Waals surface area contributed by atoms with E-state index in [0.29, 0.717) is 5.69 Å². The van der Waals surface area contributed by atoms with Gasteiger partial charge in [0.25, 0.3) is 0 Å². The number of anilines is 1. The van der Waals surface area contributed by atoms with Crippen LogP contribution >= 0.6 is 0 Å². The van der Waals surface area contributed by atoms with Crippen LogP contribution in [0.4, 0.5) is 16.3 Å². The van der Waals surface area contributed by atoms with Crippen LogP contribution in [0.3, 0.4) is 0 Å². The Labute approximate surface area is 175 Å². The first-order valence-corrected chi connectivity index (χ1v) is 9.72. The number of urea groups is 1. The number of nitrogens with zero attached hydrogens (tertiary/aromatic N) is 4. The summed E-state index contributed by atoms with van der Waals surface area (Å²) in [5.41, 5.74) is 4.50. The molecule has 7 nitrogen and oxygen atoms in total. The third kappa shape index (κ3) is 4.17. The van der Waals surface area contributed by atoms with E-state index in [1.54, 1.807) is 15.3 Å². The van der Waals surface area contributed by atoms with Gasteiger partial charge in [0.1, 0.15) is 5.39 Å². The predicted molar refractivity (Wildman–Crippen MR) is 118 cm³/mol. The number of rotatable bonds is 4. The Hall–Kier alpha value is -4.74. The number of carbonyl (C=O) groups excluding carboxylic acids is 1. The molecule has 1 aromatic carbocycles. The third-order valence-corrected chi connectivity index (χ3v) is 5.05. The average molecular weight is 647 g/mol. The van der Waals surface area contributed by atoms with E-state index in [1.165, 1.54) is 0 Å². The van der Waals surface area contributed by atoms with Gasteiger partial charge in [0, 0.05) is 17.8 Å². The molecule has 2 heterocycles. The second kappa shape index (κ2) is 8.32. The summed E-state index contributed by atoms with van der Waals surface area (Å²) >= 11 is 0. The van der Waals surface area contributed by atoms with Crippen LogP contribution in [0.5, 0.6) is 0 Å². The zero-order chi connectivity index (χ0) is 21.3. The second-order valence-corrected chi connectivity index (χ2v) is 7.48. The van der Waals surface area contributed by atoms with Crippen LogP contribution in [0.25, 0.3) is 11.0 Å². The van der Waals surface area contributed by atoms with Crippen molar-refractivity contribution in [3.05, 3.63) is 71.6 Å². The van der Waals surface area contributed by atoms with E-state index in [1.807, 2.05) is 57.6 Å². The molecule has 2 amide bonds. The van der Waals surface area contributed by atoms with Gasteiger partial charge in [0.15, 0.2) is 5.65 Å². The quantitative estimate of drug-likeness (QED) is 0.257. The molecular formula is C23H24CmN6O. The summed E-state index contributed by atoms with van der Waals surface area (Å²) < 4.78 is 3.54. The first-order chi connectivity index (χ1) is 14.4. The average Bonchev–Trinajstić information content (AvgIpc) is 3.06. The van der Waals surface area contributed by atoms with Gasteiger partial charge in [-0.1, -0.05) is 24.8 Å². The van der Waals surface area contributed by atoms with Crippen molar-refractivity contribution in [2.75, 3.05) is 12.4 Å². The van der Waals surface area contributed by atoms with Crippen molar-refractivity contribution >= 4 is 35.3 Å². The standard InChI is InChI=1S/C23H24N6O.Cm/c1-15-6-5-7-18(14-15)26-23(30)25-17-10-8-16(9-11-17)19-12-13-24-21-20(19)22(28(2)3)27-29(21)4;/h6-8,10-14,16H,2,9H2,1,3-4H3,(H2,25,26,30);. The van der Waals surface area contributed by atoms with Crippen LogP contribution in [0.15, 0.2) is 54.4 Å². The second-order valence-electron chi connectivity index (χ2n) is 7.48. The van der Waals surface area contributed by atoms with Crippen molar-refractivity contribution < 1.29 is 9.37 Å². The molecule has 2 aromatic heterocycles. The molecule has 0 fully saturated rings. The van der Waals surface area contributed by atoms with E-state index in [4.69, 9.17) is 0 Å². The maximum absolute atomic E-state index is 12.3. The summed E-state index contributed by atoms with van der Waals surface area (Å²) in [5.74, 6) is 0.963. The maximum atomic E-state index is 12.3. The number of amides is 2. The van der Waals surface area contributed by atoms with E-state index < -0.39 is 0 Å². The smallest absolute Gasteiger partial charge is 0.359 e. The minimum Gasteiger partial charge on any atom is -0.361 e. The van der Waals surface area contributed by atoms with Crippen molar-refractivity contribution in [3.8, 4) is 0 Å². The summed E-state index contributed by atoms with van der Waals surface area (Å²) in [5, 5.41) is 11.3. The van der Waals surface area contributed by atoms with Gasteiger partial charge in [0.05, 0.1) is 25.9 Å². The normalized spacial score (nSPS) is 15.2. The Bertz CT molecular complexity index is 1210. The van der Waals surface area contributed by atoms with Gasteiger partial charge in [-0.2, -0.15) is 28.4 Å². The van der Waals surface area contributed by atoms with Gasteiger partial charge < -0.3 is 10.6 Å². The molecule has 1 aliphatic carbocycles. The van der Waals surface area contributed by atoms with Crippen LogP contribution in [-0.2, 0) is 7.05 Å².